The molecule has 2 heterocycles. The molecule has 1 aromatic carbocycles. The van der Waals surface area contributed by atoms with Gasteiger partial charge in [0.15, 0.2) is 0 Å². The van der Waals surface area contributed by atoms with Crippen molar-refractivity contribution in [2.75, 3.05) is 25.3 Å². The van der Waals surface area contributed by atoms with E-state index in [0.717, 1.165) is 6.42 Å². The molecule has 2 aliphatic rings. The largest absolute Gasteiger partial charge is 0.495 e. The molecule has 0 bridgehead atoms. The third kappa shape index (κ3) is 2.80. The standard InChI is InChI=1S/C16H19ClN2O4S/c1-16-5-4-14(20)19(16)11(8-24-16)15(21)18-10-7-12(22-2)9(17)6-13(10)23-3/h6-7,11H,4-5,8H2,1-3H3,(H,18,21)/t11-,16+/m1/s1. The molecular formula is C16H19ClN2O4S. The van der Waals surface area contributed by atoms with E-state index in [-0.39, 0.29) is 16.7 Å². The Bertz CT molecular complexity index is 699. The number of nitrogens with one attached hydrogen (secondary N) is 1. The second kappa shape index (κ2) is 6.37. The van der Waals surface area contributed by atoms with Gasteiger partial charge in [-0.05, 0) is 13.3 Å². The van der Waals surface area contributed by atoms with Crippen molar-refractivity contribution in [2.24, 2.45) is 0 Å². The van der Waals surface area contributed by atoms with E-state index < -0.39 is 6.04 Å². The van der Waals surface area contributed by atoms with Gasteiger partial charge in [0.25, 0.3) is 0 Å². The smallest absolute Gasteiger partial charge is 0.248 e. The van der Waals surface area contributed by atoms with Crippen molar-refractivity contribution in [3.8, 4) is 11.5 Å². The van der Waals surface area contributed by atoms with Crippen molar-refractivity contribution >= 4 is 40.9 Å². The van der Waals surface area contributed by atoms with Gasteiger partial charge in [-0.25, -0.2) is 0 Å². The maximum absolute atomic E-state index is 12.8. The first kappa shape index (κ1) is 17.2. The fourth-order valence-corrected chi connectivity index (χ4v) is 4.85. The first-order valence-electron chi connectivity index (χ1n) is 7.58. The zero-order chi connectivity index (χ0) is 17.5. The van der Waals surface area contributed by atoms with Crippen LogP contribution in [0.5, 0.6) is 11.5 Å². The zero-order valence-corrected chi connectivity index (χ0v) is 15.3. The van der Waals surface area contributed by atoms with Crippen molar-refractivity contribution in [3.63, 3.8) is 0 Å². The van der Waals surface area contributed by atoms with Crippen molar-refractivity contribution in [1.29, 1.82) is 0 Å². The van der Waals surface area contributed by atoms with E-state index in [4.69, 9.17) is 21.1 Å². The Labute approximate surface area is 149 Å². The van der Waals surface area contributed by atoms with Gasteiger partial charge < -0.3 is 19.7 Å². The van der Waals surface area contributed by atoms with Gasteiger partial charge in [0.05, 0.1) is 29.8 Å². The zero-order valence-electron chi connectivity index (χ0n) is 13.7. The molecule has 0 saturated carbocycles. The summed E-state index contributed by atoms with van der Waals surface area (Å²) in [4.78, 5) is 26.4. The Morgan fingerprint density at radius 2 is 2.08 bits per heavy atom. The quantitative estimate of drug-likeness (QED) is 0.882. The van der Waals surface area contributed by atoms with Gasteiger partial charge in [-0.2, -0.15) is 0 Å². The number of anilines is 1. The summed E-state index contributed by atoms with van der Waals surface area (Å²) in [7, 11) is 3.00. The number of ether oxygens (including phenoxy) is 2. The molecule has 8 heteroatoms. The number of halogens is 1. The van der Waals surface area contributed by atoms with Crippen LogP contribution < -0.4 is 14.8 Å². The van der Waals surface area contributed by atoms with E-state index >= 15 is 0 Å². The molecule has 6 nitrogen and oxygen atoms in total. The van der Waals surface area contributed by atoms with E-state index in [0.29, 0.717) is 34.4 Å². The molecule has 24 heavy (non-hydrogen) atoms. The number of methoxy groups -OCH3 is 2. The molecule has 2 saturated heterocycles. The van der Waals surface area contributed by atoms with E-state index in [1.807, 2.05) is 6.92 Å². The molecule has 130 valence electrons. The van der Waals surface area contributed by atoms with Crippen LogP contribution in [0.4, 0.5) is 5.69 Å². The summed E-state index contributed by atoms with van der Waals surface area (Å²) >= 11 is 7.73. The fraction of sp³-hybridized carbons (Fsp3) is 0.500. The number of benzene rings is 1. The molecule has 0 spiro atoms. The van der Waals surface area contributed by atoms with Crippen LogP contribution in [0, 0.1) is 0 Å². The molecule has 0 radical (unpaired) electrons. The lowest BCUT2D eigenvalue weighted by atomic mass is 10.2. The number of fused-ring (bicyclic) bond motifs is 1. The van der Waals surface area contributed by atoms with Crippen LogP contribution in [-0.2, 0) is 9.59 Å². The highest BCUT2D eigenvalue weighted by Gasteiger charge is 2.52. The number of hydrogen-bond acceptors (Lipinski definition) is 5. The molecule has 1 aromatic rings. The average Bonchev–Trinajstić information content (AvgIpc) is 3.05. The Kier molecular flexibility index (Phi) is 4.57. The fourth-order valence-electron chi connectivity index (χ4n) is 3.19. The predicted molar refractivity (Wildman–Crippen MR) is 93.9 cm³/mol. The minimum absolute atomic E-state index is 0.0308. The minimum Gasteiger partial charge on any atom is -0.495 e. The topological polar surface area (TPSA) is 67.9 Å². The van der Waals surface area contributed by atoms with Crippen molar-refractivity contribution in [1.82, 2.24) is 4.90 Å². The van der Waals surface area contributed by atoms with Crippen LogP contribution in [0.1, 0.15) is 19.8 Å². The number of carbonyl (C=O) groups is 2. The van der Waals surface area contributed by atoms with Gasteiger partial charge in [0, 0.05) is 24.3 Å². The predicted octanol–water partition coefficient (Wildman–Crippen LogP) is 2.75. The van der Waals surface area contributed by atoms with Crippen LogP contribution >= 0.6 is 23.4 Å². The molecule has 2 aliphatic heterocycles. The normalized spacial score (nSPS) is 25.6. The Hall–Kier alpha value is -1.60. The van der Waals surface area contributed by atoms with Gasteiger partial charge in [0.1, 0.15) is 17.5 Å². The van der Waals surface area contributed by atoms with Gasteiger partial charge >= 0.3 is 0 Å². The third-order valence-corrected chi connectivity index (χ3v) is 6.28. The number of amides is 2. The van der Waals surface area contributed by atoms with Crippen molar-refractivity contribution in [2.45, 2.75) is 30.7 Å². The molecule has 2 fully saturated rings. The number of nitrogens with zero attached hydrogens (tertiary/aromatic N) is 1. The number of hydrogen-bond donors (Lipinski definition) is 1. The highest BCUT2D eigenvalue weighted by atomic mass is 35.5. The summed E-state index contributed by atoms with van der Waals surface area (Å²) < 4.78 is 10.5. The molecule has 0 aromatic heterocycles. The summed E-state index contributed by atoms with van der Waals surface area (Å²) in [6.45, 7) is 2.02. The Morgan fingerprint density at radius 3 is 2.75 bits per heavy atom. The SMILES string of the molecule is COc1cc(NC(=O)[C@H]2CS[C@@]3(C)CCC(=O)N23)c(OC)cc1Cl. The summed E-state index contributed by atoms with van der Waals surface area (Å²) in [5, 5.41) is 3.24. The van der Waals surface area contributed by atoms with Crippen molar-refractivity contribution in [3.05, 3.63) is 17.2 Å². The average molecular weight is 371 g/mol. The molecule has 0 unspecified atom stereocenters. The van der Waals surface area contributed by atoms with Gasteiger partial charge in [-0.15, -0.1) is 11.8 Å². The van der Waals surface area contributed by atoms with Gasteiger partial charge in [-0.1, -0.05) is 11.6 Å². The Balaban J connectivity index is 1.84. The van der Waals surface area contributed by atoms with Gasteiger partial charge in [-0.3, -0.25) is 9.59 Å². The number of carbonyl (C=O) groups excluding carboxylic acids is 2. The molecule has 2 atom stereocenters. The lowest BCUT2D eigenvalue weighted by Gasteiger charge is -2.30. The monoisotopic (exact) mass is 370 g/mol. The molecular weight excluding hydrogens is 352 g/mol. The van der Waals surface area contributed by atoms with Crippen LogP contribution in [0.25, 0.3) is 0 Å². The maximum atomic E-state index is 12.8. The van der Waals surface area contributed by atoms with E-state index in [1.54, 1.807) is 28.8 Å². The first-order chi connectivity index (χ1) is 11.4. The van der Waals surface area contributed by atoms with E-state index in [1.165, 1.54) is 14.2 Å². The number of thioether (sulfide) groups is 1. The van der Waals surface area contributed by atoms with Gasteiger partial charge in [0.2, 0.25) is 11.8 Å². The minimum atomic E-state index is -0.485. The van der Waals surface area contributed by atoms with Crippen LogP contribution in [0.2, 0.25) is 5.02 Å². The maximum Gasteiger partial charge on any atom is 0.248 e. The highest BCUT2D eigenvalue weighted by Crippen LogP contribution is 2.47. The second-order valence-corrected chi connectivity index (χ2v) is 7.85. The summed E-state index contributed by atoms with van der Waals surface area (Å²) in [6, 6.07) is 2.72. The summed E-state index contributed by atoms with van der Waals surface area (Å²) in [5.74, 6) is 1.26. The third-order valence-electron chi connectivity index (χ3n) is 4.48. The first-order valence-corrected chi connectivity index (χ1v) is 8.94. The van der Waals surface area contributed by atoms with E-state index in [2.05, 4.69) is 5.32 Å². The second-order valence-electron chi connectivity index (χ2n) is 5.94. The summed E-state index contributed by atoms with van der Waals surface area (Å²) in [5.41, 5.74) is 0.467. The molecule has 1 N–H and O–H groups in total. The molecule has 0 aliphatic carbocycles. The summed E-state index contributed by atoms with van der Waals surface area (Å²) in [6.07, 6.45) is 1.27. The van der Waals surface area contributed by atoms with Crippen molar-refractivity contribution < 1.29 is 19.1 Å². The lowest BCUT2D eigenvalue weighted by molar-refractivity contribution is -0.135. The molecule has 3 rings (SSSR count). The molecule has 2 amide bonds. The van der Waals surface area contributed by atoms with Crippen LogP contribution in [0.15, 0.2) is 12.1 Å². The van der Waals surface area contributed by atoms with Crippen LogP contribution in [-0.4, -0.2) is 47.6 Å². The van der Waals surface area contributed by atoms with Crippen LogP contribution in [0.3, 0.4) is 0 Å². The number of rotatable bonds is 4. The Morgan fingerprint density at radius 1 is 1.38 bits per heavy atom. The highest BCUT2D eigenvalue weighted by molar-refractivity contribution is 8.01. The lowest BCUT2D eigenvalue weighted by Crippen LogP contribution is -2.48. The van der Waals surface area contributed by atoms with E-state index in [9.17, 15) is 9.59 Å².